The van der Waals surface area contributed by atoms with E-state index >= 15 is 0 Å². The lowest BCUT2D eigenvalue weighted by Crippen LogP contribution is -2.63. The van der Waals surface area contributed by atoms with Gasteiger partial charge in [-0.1, -0.05) is 6.92 Å². The van der Waals surface area contributed by atoms with Crippen LogP contribution in [0.3, 0.4) is 0 Å². The number of aliphatic hydroxyl groups is 1. The van der Waals surface area contributed by atoms with Gasteiger partial charge < -0.3 is 15.7 Å². The maximum atomic E-state index is 11.0. The van der Waals surface area contributed by atoms with Crippen LogP contribution in [0.25, 0.3) is 0 Å². The van der Waals surface area contributed by atoms with Gasteiger partial charge in [0.05, 0.1) is 5.60 Å². The molecule has 1 rings (SSSR count). The molecule has 4 heteroatoms. The van der Waals surface area contributed by atoms with Gasteiger partial charge in [0.25, 0.3) is 0 Å². The number of rotatable bonds is 3. The van der Waals surface area contributed by atoms with Crippen molar-refractivity contribution in [2.75, 3.05) is 13.1 Å². The highest BCUT2D eigenvalue weighted by Gasteiger charge is 2.36. The minimum Gasteiger partial charge on any atom is -0.388 e. The van der Waals surface area contributed by atoms with Crippen molar-refractivity contribution in [2.45, 2.75) is 31.9 Å². The van der Waals surface area contributed by atoms with Crippen LogP contribution >= 0.6 is 0 Å². The summed E-state index contributed by atoms with van der Waals surface area (Å²) in [6, 6.07) is -0.336. The first-order chi connectivity index (χ1) is 5.46. The van der Waals surface area contributed by atoms with Crippen LogP contribution in [0.5, 0.6) is 0 Å². The van der Waals surface area contributed by atoms with Gasteiger partial charge in [0, 0.05) is 13.1 Å². The largest absolute Gasteiger partial charge is 0.388 e. The van der Waals surface area contributed by atoms with Crippen LogP contribution in [0.1, 0.15) is 20.3 Å². The van der Waals surface area contributed by atoms with Crippen LogP contribution in [0.4, 0.5) is 0 Å². The molecule has 0 radical (unpaired) electrons. The maximum Gasteiger partial charge on any atom is 0.241 e. The molecular formula is C8H16N2O2. The van der Waals surface area contributed by atoms with Crippen LogP contribution in [0, 0.1) is 0 Å². The van der Waals surface area contributed by atoms with Gasteiger partial charge in [0.2, 0.25) is 5.91 Å². The van der Waals surface area contributed by atoms with Crippen LogP contribution in [-0.2, 0) is 4.79 Å². The van der Waals surface area contributed by atoms with Gasteiger partial charge in [-0.15, -0.1) is 0 Å². The lowest BCUT2D eigenvalue weighted by atomic mass is 9.99. The van der Waals surface area contributed by atoms with Crippen LogP contribution in [0.15, 0.2) is 0 Å². The molecule has 0 aromatic carbocycles. The minimum absolute atomic E-state index is 0.0521. The molecule has 0 saturated carbocycles. The van der Waals surface area contributed by atoms with E-state index in [1.807, 2.05) is 6.92 Å². The standard InChI is InChI=1S/C8H16N2O2/c1-3-8(2,12)5-10-4-6(9)7(10)11/h6,12H,3-5,9H2,1-2H3. The van der Waals surface area contributed by atoms with E-state index in [9.17, 15) is 9.90 Å². The van der Waals surface area contributed by atoms with Crippen LogP contribution in [0.2, 0.25) is 0 Å². The van der Waals surface area contributed by atoms with Gasteiger partial charge in [0.15, 0.2) is 0 Å². The number of β-amino-alcohol motifs (C(OH)–C–C–N with tert-alkyl or cyclic N) is 1. The third-order valence-corrected chi connectivity index (χ3v) is 2.34. The lowest BCUT2D eigenvalue weighted by Gasteiger charge is -2.40. The molecular weight excluding hydrogens is 156 g/mol. The summed E-state index contributed by atoms with van der Waals surface area (Å²) < 4.78 is 0. The van der Waals surface area contributed by atoms with Crippen molar-refractivity contribution in [1.29, 1.82) is 0 Å². The molecule has 2 unspecified atom stereocenters. The summed E-state index contributed by atoms with van der Waals surface area (Å²) in [5.41, 5.74) is 4.63. The van der Waals surface area contributed by atoms with Crippen molar-refractivity contribution >= 4 is 5.91 Å². The quantitative estimate of drug-likeness (QED) is 0.554. The fourth-order valence-corrected chi connectivity index (χ4v) is 1.19. The van der Waals surface area contributed by atoms with Crippen molar-refractivity contribution in [3.05, 3.63) is 0 Å². The molecule has 1 amide bonds. The first-order valence-electron chi connectivity index (χ1n) is 4.23. The van der Waals surface area contributed by atoms with E-state index < -0.39 is 5.60 Å². The molecule has 4 nitrogen and oxygen atoms in total. The average molecular weight is 172 g/mol. The second-order valence-corrected chi connectivity index (χ2v) is 3.68. The molecule has 2 atom stereocenters. The summed E-state index contributed by atoms with van der Waals surface area (Å²) in [4.78, 5) is 12.6. The van der Waals surface area contributed by atoms with E-state index in [-0.39, 0.29) is 11.9 Å². The summed E-state index contributed by atoms with van der Waals surface area (Å²) >= 11 is 0. The molecule has 3 N–H and O–H groups in total. The summed E-state index contributed by atoms with van der Waals surface area (Å²) in [6.45, 7) is 4.60. The van der Waals surface area contributed by atoms with Crippen molar-refractivity contribution in [3.8, 4) is 0 Å². The number of carbonyl (C=O) groups excluding carboxylic acids is 1. The highest BCUT2D eigenvalue weighted by atomic mass is 16.3. The number of hydrogen-bond donors (Lipinski definition) is 2. The van der Waals surface area contributed by atoms with Gasteiger partial charge in [-0.05, 0) is 13.3 Å². The number of hydrogen-bond acceptors (Lipinski definition) is 3. The number of likely N-dealkylation sites (tertiary alicyclic amines) is 1. The monoisotopic (exact) mass is 172 g/mol. The number of carbonyl (C=O) groups is 1. The maximum absolute atomic E-state index is 11.0. The summed E-state index contributed by atoms with van der Waals surface area (Å²) in [6.07, 6.45) is 0.645. The highest BCUT2D eigenvalue weighted by Crippen LogP contribution is 2.16. The van der Waals surface area contributed by atoms with E-state index in [0.717, 1.165) is 0 Å². The SMILES string of the molecule is CCC(C)(O)CN1CC(N)C1=O. The van der Waals surface area contributed by atoms with Gasteiger partial charge in [-0.25, -0.2) is 0 Å². The molecule has 1 heterocycles. The summed E-state index contributed by atoms with van der Waals surface area (Å²) in [7, 11) is 0. The van der Waals surface area contributed by atoms with Crippen LogP contribution < -0.4 is 5.73 Å². The Balaban J connectivity index is 2.39. The van der Waals surface area contributed by atoms with Gasteiger partial charge in [-0.2, -0.15) is 0 Å². The fraction of sp³-hybridized carbons (Fsp3) is 0.875. The van der Waals surface area contributed by atoms with Crippen LogP contribution in [-0.4, -0.2) is 40.6 Å². The highest BCUT2D eigenvalue weighted by molar-refractivity contribution is 5.87. The molecule has 0 spiro atoms. The van der Waals surface area contributed by atoms with Gasteiger partial charge in [-0.3, -0.25) is 4.79 Å². The Bertz CT molecular complexity index is 191. The zero-order valence-electron chi connectivity index (χ0n) is 7.58. The fourth-order valence-electron chi connectivity index (χ4n) is 1.19. The number of amides is 1. The molecule has 1 aliphatic rings. The molecule has 70 valence electrons. The lowest BCUT2D eigenvalue weighted by molar-refractivity contribution is -0.146. The zero-order valence-corrected chi connectivity index (χ0v) is 7.58. The van der Waals surface area contributed by atoms with E-state index in [1.54, 1.807) is 11.8 Å². The first-order valence-corrected chi connectivity index (χ1v) is 4.23. The summed E-state index contributed by atoms with van der Waals surface area (Å²) in [5, 5.41) is 9.63. The molecule has 1 fully saturated rings. The smallest absolute Gasteiger partial charge is 0.241 e. The summed E-state index contributed by atoms with van der Waals surface area (Å²) in [5.74, 6) is -0.0521. The van der Waals surface area contributed by atoms with Crippen molar-refractivity contribution < 1.29 is 9.90 Å². The van der Waals surface area contributed by atoms with E-state index in [2.05, 4.69) is 0 Å². The zero-order chi connectivity index (χ0) is 9.35. The second-order valence-electron chi connectivity index (χ2n) is 3.68. The Morgan fingerprint density at radius 3 is 2.75 bits per heavy atom. The molecule has 0 bridgehead atoms. The Labute approximate surface area is 72.3 Å². The third-order valence-electron chi connectivity index (χ3n) is 2.34. The minimum atomic E-state index is -0.768. The molecule has 0 aromatic heterocycles. The van der Waals surface area contributed by atoms with Crippen molar-refractivity contribution in [2.24, 2.45) is 5.73 Å². The van der Waals surface area contributed by atoms with Crippen molar-refractivity contribution in [1.82, 2.24) is 4.90 Å². The number of nitrogens with two attached hydrogens (primary N) is 1. The predicted molar refractivity (Wildman–Crippen MR) is 45.5 cm³/mol. The molecule has 0 aliphatic carbocycles. The Morgan fingerprint density at radius 1 is 1.83 bits per heavy atom. The predicted octanol–water partition coefficient (Wildman–Crippen LogP) is -0.683. The molecule has 1 aliphatic heterocycles. The number of nitrogens with zero attached hydrogens (tertiary/aromatic N) is 1. The Kier molecular flexibility index (Phi) is 2.39. The topological polar surface area (TPSA) is 66.6 Å². The Morgan fingerprint density at radius 2 is 2.42 bits per heavy atom. The number of β-lactam (4-membered cyclic amide) rings is 1. The van der Waals surface area contributed by atoms with Gasteiger partial charge in [0.1, 0.15) is 6.04 Å². The third kappa shape index (κ3) is 1.76. The normalized spacial score (nSPS) is 28.2. The average Bonchev–Trinajstić information content (AvgIpc) is 2.03. The Hall–Kier alpha value is -0.610. The molecule has 0 aromatic rings. The van der Waals surface area contributed by atoms with E-state index in [1.165, 1.54) is 0 Å². The van der Waals surface area contributed by atoms with Crippen molar-refractivity contribution in [3.63, 3.8) is 0 Å². The first kappa shape index (κ1) is 9.48. The molecule has 1 saturated heterocycles. The van der Waals surface area contributed by atoms with E-state index in [4.69, 9.17) is 5.73 Å². The molecule has 12 heavy (non-hydrogen) atoms. The van der Waals surface area contributed by atoms with Gasteiger partial charge >= 0.3 is 0 Å². The second kappa shape index (κ2) is 3.03. The van der Waals surface area contributed by atoms with E-state index in [0.29, 0.717) is 19.5 Å².